The molecule has 0 fully saturated rings. The van der Waals surface area contributed by atoms with Crippen molar-refractivity contribution in [1.29, 1.82) is 0 Å². The largest absolute Gasteiger partial charge is 0.481 e. The first-order chi connectivity index (χ1) is 8.43. The number of aliphatic carboxylic acids is 1. The van der Waals surface area contributed by atoms with Crippen LogP contribution in [0, 0.1) is 0 Å². The van der Waals surface area contributed by atoms with Gasteiger partial charge in [0.25, 0.3) is 6.57 Å². The average Bonchev–Trinajstić information content (AvgIpc) is 2.32. The molecule has 0 aliphatic carbocycles. The highest BCUT2D eigenvalue weighted by atomic mass is 32.7. The lowest BCUT2D eigenvalue weighted by atomic mass is 10.3. The predicted octanol–water partition coefficient (Wildman–Crippen LogP) is 2.07. The molecule has 8 heteroatoms. The van der Waals surface area contributed by atoms with E-state index in [1.807, 2.05) is 0 Å². The first kappa shape index (κ1) is 17.2. The van der Waals surface area contributed by atoms with Gasteiger partial charge in [-0.2, -0.15) is 0 Å². The molecule has 0 aromatic heterocycles. The van der Waals surface area contributed by atoms with E-state index in [-0.39, 0.29) is 18.7 Å². The molecule has 0 radical (unpaired) electrons. The molecular formula is C10H18NO5PS. The molecule has 0 saturated heterocycles. The summed E-state index contributed by atoms with van der Waals surface area (Å²) in [6, 6.07) is 0. The average molecular weight is 295 g/mol. The zero-order valence-corrected chi connectivity index (χ0v) is 12.0. The summed E-state index contributed by atoms with van der Waals surface area (Å²) in [7, 11) is 0. The summed E-state index contributed by atoms with van der Waals surface area (Å²) in [4.78, 5) is 21.4. The second-order valence-electron chi connectivity index (χ2n) is 3.22. The molecule has 2 N–H and O–H groups in total. The normalized spacial score (nSPS) is 13.6. The van der Waals surface area contributed by atoms with Crippen molar-refractivity contribution in [3.63, 3.8) is 0 Å². The minimum absolute atomic E-state index is 0.0510. The fraction of sp³-hybridized carbons (Fsp3) is 0.600. The fourth-order valence-corrected chi connectivity index (χ4v) is 3.98. The third-order valence-electron chi connectivity index (χ3n) is 1.79. The Morgan fingerprint density at radius 1 is 1.50 bits per heavy atom. The Bertz CT molecular complexity index is 347. The van der Waals surface area contributed by atoms with Gasteiger partial charge in [0.1, 0.15) is 0 Å². The SMILES string of the molecule is C=CP(=O)(OCC)SCCNC(=O)CCC(=O)O. The van der Waals surface area contributed by atoms with E-state index in [1.54, 1.807) is 6.92 Å². The number of carbonyl (C=O) groups is 2. The Labute approximate surface area is 110 Å². The van der Waals surface area contributed by atoms with Crippen molar-refractivity contribution in [2.24, 2.45) is 0 Å². The highest BCUT2D eigenvalue weighted by molar-refractivity contribution is 8.57. The van der Waals surface area contributed by atoms with Crippen LogP contribution in [0.3, 0.4) is 0 Å². The van der Waals surface area contributed by atoms with Crippen molar-refractivity contribution in [3.05, 3.63) is 12.4 Å². The Kier molecular flexibility index (Phi) is 8.79. The van der Waals surface area contributed by atoms with Gasteiger partial charge in [-0.1, -0.05) is 18.0 Å². The van der Waals surface area contributed by atoms with Gasteiger partial charge in [0, 0.05) is 24.5 Å². The van der Waals surface area contributed by atoms with Gasteiger partial charge in [-0.3, -0.25) is 14.2 Å². The van der Waals surface area contributed by atoms with E-state index >= 15 is 0 Å². The van der Waals surface area contributed by atoms with Gasteiger partial charge in [-0.25, -0.2) is 0 Å². The van der Waals surface area contributed by atoms with Crippen LogP contribution in [0.4, 0.5) is 0 Å². The molecular weight excluding hydrogens is 277 g/mol. The lowest BCUT2D eigenvalue weighted by Gasteiger charge is -2.12. The first-order valence-corrected chi connectivity index (χ1v) is 8.73. The van der Waals surface area contributed by atoms with E-state index in [0.717, 1.165) is 11.4 Å². The molecule has 0 aliphatic rings. The van der Waals surface area contributed by atoms with Gasteiger partial charge < -0.3 is 14.9 Å². The maximum atomic E-state index is 11.9. The maximum Gasteiger partial charge on any atom is 0.303 e. The molecule has 0 aromatic carbocycles. The van der Waals surface area contributed by atoms with E-state index in [1.165, 1.54) is 5.82 Å². The summed E-state index contributed by atoms with van der Waals surface area (Å²) >= 11 is 1.10. The maximum absolute atomic E-state index is 11.9. The second kappa shape index (κ2) is 9.19. The highest BCUT2D eigenvalue weighted by Gasteiger charge is 2.18. The van der Waals surface area contributed by atoms with Crippen molar-refractivity contribution in [1.82, 2.24) is 5.32 Å². The number of hydrogen-bond acceptors (Lipinski definition) is 5. The number of amides is 1. The lowest BCUT2D eigenvalue weighted by molar-refractivity contribution is -0.138. The topological polar surface area (TPSA) is 92.7 Å². The Morgan fingerprint density at radius 2 is 2.17 bits per heavy atom. The summed E-state index contributed by atoms with van der Waals surface area (Å²) < 4.78 is 16.9. The van der Waals surface area contributed by atoms with Crippen molar-refractivity contribution >= 4 is 29.8 Å². The molecule has 0 aromatic rings. The fourth-order valence-electron chi connectivity index (χ4n) is 0.995. The Balaban J connectivity index is 3.78. The van der Waals surface area contributed by atoms with Crippen molar-refractivity contribution in [2.75, 3.05) is 18.9 Å². The second-order valence-corrected chi connectivity index (χ2v) is 7.89. The number of carboxylic acid groups (broad SMARTS) is 1. The van der Waals surface area contributed by atoms with E-state index in [2.05, 4.69) is 11.9 Å². The highest BCUT2D eigenvalue weighted by Crippen LogP contribution is 2.60. The van der Waals surface area contributed by atoms with Crippen LogP contribution >= 0.6 is 18.0 Å². The number of carboxylic acids is 1. The monoisotopic (exact) mass is 295 g/mol. The van der Waals surface area contributed by atoms with Crippen molar-refractivity contribution in [2.45, 2.75) is 19.8 Å². The van der Waals surface area contributed by atoms with Crippen LogP contribution in [0.5, 0.6) is 0 Å². The van der Waals surface area contributed by atoms with E-state index in [9.17, 15) is 14.2 Å². The number of carbonyl (C=O) groups excluding carboxylic acids is 1. The van der Waals surface area contributed by atoms with Crippen LogP contribution < -0.4 is 5.32 Å². The molecule has 0 heterocycles. The number of rotatable bonds is 10. The first-order valence-electron chi connectivity index (χ1n) is 5.44. The van der Waals surface area contributed by atoms with E-state index in [0.29, 0.717) is 18.9 Å². The molecule has 6 nitrogen and oxygen atoms in total. The Morgan fingerprint density at radius 3 is 2.67 bits per heavy atom. The van der Waals surface area contributed by atoms with Crippen molar-refractivity contribution < 1.29 is 23.8 Å². The van der Waals surface area contributed by atoms with Crippen LogP contribution in [-0.4, -0.2) is 35.9 Å². The van der Waals surface area contributed by atoms with E-state index in [4.69, 9.17) is 9.63 Å². The van der Waals surface area contributed by atoms with Crippen LogP contribution in [-0.2, 0) is 18.7 Å². The minimum atomic E-state index is -2.86. The summed E-state index contributed by atoms with van der Waals surface area (Å²) in [6.07, 6.45) is -0.242. The van der Waals surface area contributed by atoms with Crippen LogP contribution in [0.25, 0.3) is 0 Å². The van der Waals surface area contributed by atoms with Gasteiger partial charge in [0.2, 0.25) is 5.91 Å². The van der Waals surface area contributed by atoms with Gasteiger partial charge in [-0.15, -0.1) is 0 Å². The molecule has 0 saturated carbocycles. The summed E-state index contributed by atoms with van der Waals surface area (Å²) in [5.41, 5.74) is 0. The lowest BCUT2D eigenvalue weighted by Crippen LogP contribution is -2.26. The molecule has 0 rings (SSSR count). The Hall–Kier alpha value is -0.780. The molecule has 1 unspecified atom stereocenters. The van der Waals surface area contributed by atoms with Crippen LogP contribution in [0.1, 0.15) is 19.8 Å². The summed E-state index contributed by atoms with van der Waals surface area (Å²) in [6.45, 7) is 2.99. The van der Waals surface area contributed by atoms with Crippen LogP contribution in [0.2, 0.25) is 0 Å². The summed E-state index contributed by atoms with van der Waals surface area (Å²) in [5, 5.41) is 10.9. The van der Waals surface area contributed by atoms with Crippen LogP contribution in [0.15, 0.2) is 12.4 Å². The number of hydrogen-bond donors (Lipinski definition) is 2. The van der Waals surface area contributed by atoms with E-state index < -0.39 is 12.5 Å². The molecule has 1 amide bonds. The predicted molar refractivity (Wildman–Crippen MR) is 71.8 cm³/mol. The molecule has 18 heavy (non-hydrogen) atoms. The quantitative estimate of drug-likeness (QED) is 0.473. The van der Waals surface area contributed by atoms with Gasteiger partial charge in [-0.05, 0) is 6.92 Å². The smallest absolute Gasteiger partial charge is 0.303 e. The third-order valence-corrected chi connectivity index (χ3v) is 6.00. The molecule has 0 spiro atoms. The molecule has 1 atom stereocenters. The van der Waals surface area contributed by atoms with Crippen molar-refractivity contribution in [3.8, 4) is 0 Å². The van der Waals surface area contributed by atoms with Gasteiger partial charge in [0.15, 0.2) is 0 Å². The standard InChI is InChI=1S/C10H18NO5PS/c1-3-16-17(15,4-2)18-8-7-11-9(12)5-6-10(13)14/h4H,2-3,5-8H2,1H3,(H,11,12)(H,13,14). The minimum Gasteiger partial charge on any atom is -0.481 e. The molecule has 0 aliphatic heterocycles. The zero-order valence-electron chi connectivity index (χ0n) is 10.3. The zero-order chi connectivity index (χ0) is 14.0. The van der Waals surface area contributed by atoms with Gasteiger partial charge >= 0.3 is 5.97 Å². The third kappa shape index (κ3) is 8.33. The van der Waals surface area contributed by atoms with Gasteiger partial charge in [0.05, 0.1) is 13.0 Å². The molecule has 104 valence electrons. The summed E-state index contributed by atoms with van der Waals surface area (Å²) in [5.74, 6) is 0.366. The molecule has 0 bridgehead atoms. The number of nitrogens with one attached hydrogen (secondary N) is 1.